The molecule has 1 heterocycles. The van der Waals surface area contributed by atoms with E-state index in [2.05, 4.69) is 18.3 Å². The summed E-state index contributed by atoms with van der Waals surface area (Å²) in [4.78, 5) is 13.9. The Kier molecular flexibility index (Phi) is 6.54. The number of hydrogen-bond acceptors (Lipinski definition) is 3. The van der Waals surface area contributed by atoms with Gasteiger partial charge in [-0.3, -0.25) is 4.79 Å². The molecule has 0 spiro atoms. The van der Waals surface area contributed by atoms with Crippen LogP contribution in [0.5, 0.6) is 5.75 Å². The molecule has 0 saturated heterocycles. The van der Waals surface area contributed by atoms with Crippen LogP contribution in [0, 0.1) is 0 Å². The van der Waals surface area contributed by atoms with Crippen molar-refractivity contribution >= 4 is 29.7 Å². The average Bonchev–Trinajstić information content (AvgIpc) is 2.56. The van der Waals surface area contributed by atoms with Crippen molar-refractivity contribution in [3.63, 3.8) is 0 Å². The van der Waals surface area contributed by atoms with Gasteiger partial charge < -0.3 is 15.0 Å². The molecule has 0 aromatic heterocycles. The SMILES string of the molecule is CC(=O)N1c2ccccc2[C@@H](Nc2ccc(OC(C)C)cc2)C[C@H]1C.Cl. The minimum atomic E-state index is 0. The van der Waals surface area contributed by atoms with Gasteiger partial charge in [0.15, 0.2) is 0 Å². The minimum Gasteiger partial charge on any atom is -0.491 e. The fourth-order valence-electron chi connectivity index (χ4n) is 3.53. The number of anilines is 2. The van der Waals surface area contributed by atoms with Gasteiger partial charge >= 0.3 is 0 Å². The van der Waals surface area contributed by atoms with Crippen LogP contribution in [0.3, 0.4) is 0 Å². The van der Waals surface area contributed by atoms with Crippen LogP contribution < -0.4 is 15.0 Å². The van der Waals surface area contributed by atoms with E-state index in [1.807, 2.05) is 61.2 Å². The molecule has 0 aliphatic carbocycles. The van der Waals surface area contributed by atoms with Crippen LogP contribution in [-0.4, -0.2) is 18.1 Å². The van der Waals surface area contributed by atoms with E-state index < -0.39 is 0 Å². The van der Waals surface area contributed by atoms with Crippen molar-refractivity contribution in [2.24, 2.45) is 0 Å². The van der Waals surface area contributed by atoms with Gasteiger partial charge in [0.25, 0.3) is 0 Å². The number of hydrogen-bond donors (Lipinski definition) is 1. The smallest absolute Gasteiger partial charge is 0.224 e. The summed E-state index contributed by atoms with van der Waals surface area (Å²) in [5.74, 6) is 0.967. The van der Waals surface area contributed by atoms with Crippen molar-refractivity contribution in [1.82, 2.24) is 0 Å². The van der Waals surface area contributed by atoms with Crippen molar-refractivity contribution < 1.29 is 9.53 Å². The Morgan fingerprint density at radius 2 is 1.81 bits per heavy atom. The first-order valence-electron chi connectivity index (χ1n) is 8.87. The molecule has 1 aliphatic heterocycles. The quantitative estimate of drug-likeness (QED) is 0.800. The Morgan fingerprint density at radius 3 is 2.42 bits per heavy atom. The number of ether oxygens (including phenoxy) is 1. The number of amides is 1. The number of carbonyl (C=O) groups excluding carboxylic acids is 1. The highest BCUT2D eigenvalue weighted by Gasteiger charge is 2.31. The number of fused-ring (bicyclic) bond motifs is 1. The van der Waals surface area contributed by atoms with Crippen molar-refractivity contribution in [1.29, 1.82) is 0 Å². The summed E-state index contributed by atoms with van der Waals surface area (Å²) in [7, 11) is 0. The summed E-state index contributed by atoms with van der Waals surface area (Å²) in [5, 5.41) is 3.61. The summed E-state index contributed by atoms with van der Waals surface area (Å²) in [6.07, 6.45) is 1.04. The van der Waals surface area contributed by atoms with Gasteiger partial charge in [-0.25, -0.2) is 0 Å². The highest BCUT2D eigenvalue weighted by molar-refractivity contribution is 5.93. The fraction of sp³-hybridized carbons (Fsp3) is 0.381. The van der Waals surface area contributed by atoms with E-state index in [1.165, 1.54) is 5.56 Å². The highest BCUT2D eigenvalue weighted by Crippen LogP contribution is 2.38. The lowest BCUT2D eigenvalue weighted by atomic mass is 9.91. The summed E-state index contributed by atoms with van der Waals surface area (Å²) >= 11 is 0. The average molecular weight is 375 g/mol. The molecule has 1 aliphatic rings. The Morgan fingerprint density at radius 1 is 1.15 bits per heavy atom. The standard InChI is InChI=1S/C21H26N2O2.ClH/c1-14(2)25-18-11-9-17(10-12-18)22-20-13-15(3)23(16(4)24)21-8-6-5-7-19(20)21;/h5-12,14-15,20,22H,13H2,1-4H3;1H/t15-,20+;/m1./s1. The lowest BCUT2D eigenvalue weighted by Crippen LogP contribution is -2.43. The van der Waals surface area contributed by atoms with Crippen LogP contribution >= 0.6 is 12.4 Å². The second-order valence-corrected chi connectivity index (χ2v) is 6.92. The summed E-state index contributed by atoms with van der Waals surface area (Å²) in [6.45, 7) is 7.78. The maximum atomic E-state index is 12.1. The maximum absolute atomic E-state index is 12.1. The first-order valence-corrected chi connectivity index (χ1v) is 8.87. The number of rotatable bonds is 4. The van der Waals surface area contributed by atoms with E-state index >= 15 is 0 Å². The molecule has 0 bridgehead atoms. The predicted octanol–water partition coefficient (Wildman–Crippen LogP) is 5.19. The van der Waals surface area contributed by atoms with E-state index in [0.29, 0.717) is 0 Å². The molecule has 3 rings (SSSR count). The highest BCUT2D eigenvalue weighted by atomic mass is 35.5. The van der Waals surface area contributed by atoms with Crippen molar-refractivity contribution in [3.05, 3.63) is 54.1 Å². The summed E-state index contributed by atoms with van der Waals surface area (Å²) < 4.78 is 5.70. The molecular formula is C21H27ClN2O2. The normalized spacial score (nSPS) is 18.7. The van der Waals surface area contributed by atoms with Crippen LogP contribution in [0.1, 0.15) is 45.7 Å². The fourth-order valence-corrected chi connectivity index (χ4v) is 3.53. The number of nitrogens with zero attached hydrogens (tertiary/aromatic N) is 1. The molecular weight excluding hydrogens is 348 g/mol. The topological polar surface area (TPSA) is 41.6 Å². The van der Waals surface area contributed by atoms with Crippen LogP contribution in [0.4, 0.5) is 11.4 Å². The third-order valence-electron chi connectivity index (χ3n) is 4.50. The predicted molar refractivity (Wildman–Crippen MR) is 109 cm³/mol. The molecule has 1 amide bonds. The Labute approximate surface area is 162 Å². The van der Waals surface area contributed by atoms with E-state index in [4.69, 9.17) is 4.74 Å². The number of para-hydroxylation sites is 1. The molecule has 2 aromatic rings. The second kappa shape index (κ2) is 8.45. The first kappa shape index (κ1) is 20.1. The van der Waals surface area contributed by atoms with Crippen molar-refractivity contribution in [2.75, 3.05) is 10.2 Å². The van der Waals surface area contributed by atoms with Gasteiger partial charge in [-0.1, -0.05) is 18.2 Å². The first-order chi connectivity index (χ1) is 12.0. The van der Waals surface area contributed by atoms with Crippen molar-refractivity contribution in [2.45, 2.75) is 52.3 Å². The van der Waals surface area contributed by atoms with Gasteiger partial charge in [0.05, 0.1) is 12.1 Å². The van der Waals surface area contributed by atoms with Gasteiger partial charge in [0.2, 0.25) is 5.91 Å². The third-order valence-corrected chi connectivity index (χ3v) is 4.50. The van der Waals surface area contributed by atoms with Crippen LogP contribution in [0.2, 0.25) is 0 Å². The van der Waals surface area contributed by atoms with E-state index in [1.54, 1.807) is 6.92 Å². The monoisotopic (exact) mass is 374 g/mol. The Balaban J connectivity index is 0.00000243. The lowest BCUT2D eigenvalue weighted by molar-refractivity contribution is -0.117. The van der Waals surface area contributed by atoms with Gasteiger partial charge in [0.1, 0.15) is 5.75 Å². The van der Waals surface area contributed by atoms with E-state index in [9.17, 15) is 4.79 Å². The second-order valence-electron chi connectivity index (χ2n) is 6.92. The zero-order valence-electron chi connectivity index (χ0n) is 15.7. The molecule has 0 radical (unpaired) electrons. The molecule has 0 saturated carbocycles. The Hall–Kier alpha value is -2.20. The van der Waals surface area contributed by atoms with Gasteiger partial charge in [-0.15, -0.1) is 12.4 Å². The lowest BCUT2D eigenvalue weighted by Gasteiger charge is -2.39. The van der Waals surface area contributed by atoms with Crippen LogP contribution in [-0.2, 0) is 4.79 Å². The largest absolute Gasteiger partial charge is 0.491 e. The minimum absolute atomic E-state index is 0. The molecule has 5 heteroatoms. The molecule has 1 N–H and O–H groups in total. The zero-order chi connectivity index (χ0) is 18.0. The zero-order valence-corrected chi connectivity index (χ0v) is 16.5. The summed E-state index contributed by atoms with van der Waals surface area (Å²) in [6, 6.07) is 16.6. The third kappa shape index (κ3) is 4.31. The molecule has 0 fully saturated rings. The molecule has 26 heavy (non-hydrogen) atoms. The molecule has 2 aromatic carbocycles. The number of nitrogens with one attached hydrogen (secondary N) is 1. The van der Waals surface area contributed by atoms with Crippen LogP contribution in [0.15, 0.2) is 48.5 Å². The van der Waals surface area contributed by atoms with Gasteiger partial charge in [-0.05, 0) is 63.1 Å². The molecule has 4 nitrogen and oxygen atoms in total. The summed E-state index contributed by atoms with van der Waals surface area (Å²) in [5.41, 5.74) is 3.23. The molecule has 0 unspecified atom stereocenters. The van der Waals surface area contributed by atoms with E-state index in [0.717, 1.165) is 23.5 Å². The number of halogens is 1. The molecule has 2 atom stereocenters. The van der Waals surface area contributed by atoms with Gasteiger partial charge in [0, 0.05) is 24.3 Å². The number of carbonyl (C=O) groups is 1. The van der Waals surface area contributed by atoms with Crippen LogP contribution in [0.25, 0.3) is 0 Å². The Bertz CT molecular complexity index is 746. The van der Waals surface area contributed by atoms with Gasteiger partial charge in [-0.2, -0.15) is 0 Å². The maximum Gasteiger partial charge on any atom is 0.224 e. The van der Waals surface area contributed by atoms with Crippen molar-refractivity contribution in [3.8, 4) is 5.75 Å². The molecule has 140 valence electrons. The number of benzene rings is 2. The van der Waals surface area contributed by atoms with E-state index in [-0.39, 0.29) is 36.5 Å².